The molecule has 2 aromatic carbocycles. The van der Waals surface area contributed by atoms with Gasteiger partial charge in [0, 0.05) is 16.1 Å². The molecular formula is C19H20N2OS. The number of nitrogens with zero attached hydrogens (tertiary/aromatic N) is 1. The van der Waals surface area contributed by atoms with Crippen LogP contribution in [0.25, 0.3) is 11.3 Å². The Morgan fingerprint density at radius 2 is 1.70 bits per heavy atom. The molecule has 0 amide bonds. The Balaban J connectivity index is 1.81. The van der Waals surface area contributed by atoms with Crippen LogP contribution in [0.5, 0.6) is 5.75 Å². The standard InChI is InChI=1S/C19H20N2OS/c1-4-22-17-11-7-15(8-12-17)18-14(3)23-19(21-18)20-16-9-5-13(2)6-10-16/h5-12H,4H2,1-3H3,(H,20,21). The molecule has 4 heteroatoms. The summed E-state index contributed by atoms with van der Waals surface area (Å²) in [5.41, 5.74) is 4.44. The number of hydrogen-bond acceptors (Lipinski definition) is 4. The van der Waals surface area contributed by atoms with Gasteiger partial charge in [-0.1, -0.05) is 17.7 Å². The van der Waals surface area contributed by atoms with E-state index in [1.165, 1.54) is 10.4 Å². The summed E-state index contributed by atoms with van der Waals surface area (Å²) in [6, 6.07) is 16.4. The van der Waals surface area contributed by atoms with E-state index in [0.29, 0.717) is 6.61 Å². The van der Waals surface area contributed by atoms with Crippen LogP contribution in [0.3, 0.4) is 0 Å². The van der Waals surface area contributed by atoms with Gasteiger partial charge in [-0.2, -0.15) is 0 Å². The lowest BCUT2D eigenvalue weighted by Crippen LogP contribution is -1.91. The summed E-state index contributed by atoms with van der Waals surface area (Å²) in [6.45, 7) is 6.85. The van der Waals surface area contributed by atoms with E-state index in [2.05, 4.69) is 55.6 Å². The van der Waals surface area contributed by atoms with E-state index >= 15 is 0 Å². The molecule has 23 heavy (non-hydrogen) atoms. The Bertz CT molecular complexity index is 776. The zero-order valence-corrected chi connectivity index (χ0v) is 14.4. The number of hydrogen-bond donors (Lipinski definition) is 1. The second kappa shape index (κ2) is 6.84. The van der Waals surface area contributed by atoms with Crippen LogP contribution in [-0.4, -0.2) is 11.6 Å². The predicted octanol–water partition coefficient (Wildman–Crippen LogP) is 5.57. The molecule has 0 fully saturated rings. The van der Waals surface area contributed by atoms with Gasteiger partial charge in [-0.3, -0.25) is 0 Å². The third kappa shape index (κ3) is 3.71. The fourth-order valence-electron chi connectivity index (χ4n) is 2.35. The monoisotopic (exact) mass is 324 g/mol. The summed E-state index contributed by atoms with van der Waals surface area (Å²) in [6.07, 6.45) is 0. The minimum Gasteiger partial charge on any atom is -0.494 e. The Labute approximate surface area is 141 Å². The van der Waals surface area contributed by atoms with Crippen LogP contribution in [-0.2, 0) is 0 Å². The van der Waals surface area contributed by atoms with Crippen molar-refractivity contribution in [2.45, 2.75) is 20.8 Å². The van der Waals surface area contributed by atoms with Gasteiger partial charge in [0.15, 0.2) is 5.13 Å². The number of rotatable bonds is 5. The first-order valence-electron chi connectivity index (χ1n) is 7.70. The van der Waals surface area contributed by atoms with Crippen molar-refractivity contribution in [1.82, 2.24) is 4.98 Å². The normalized spacial score (nSPS) is 10.6. The molecule has 0 spiro atoms. The number of ether oxygens (including phenoxy) is 1. The number of aryl methyl sites for hydroxylation is 2. The fourth-order valence-corrected chi connectivity index (χ4v) is 3.21. The van der Waals surface area contributed by atoms with Crippen molar-refractivity contribution >= 4 is 22.2 Å². The molecule has 1 aromatic heterocycles. The van der Waals surface area contributed by atoms with Crippen molar-refractivity contribution in [1.29, 1.82) is 0 Å². The quantitative estimate of drug-likeness (QED) is 0.666. The second-order valence-corrected chi connectivity index (χ2v) is 6.58. The van der Waals surface area contributed by atoms with Crippen LogP contribution in [0.2, 0.25) is 0 Å². The van der Waals surface area contributed by atoms with Crippen LogP contribution >= 0.6 is 11.3 Å². The predicted molar refractivity (Wildman–Crippen MR) is 97.9 cm³/mol. The SMILES string of the molecule is CCOc1ccc(-c2nc(Nc3ccc(C)cc3)sc2C)cc1. The molecule has 1 heterocycles. The van der Waals surface area contributed by atoms with Gasteiger partial charge in [-0.05, 0) is 57.2 Å². The second-order valence-electron chi connectivity index (χ2n) is 5.37. The molecule has 0 saturated carbocycles. The molecule has 0 aliphatic carbocycles. The average Bonchev–Trinajstić information content (AvgIpc) is 2.91. The maximum Gasteiger partial charge on any atom is 0.187 e. The first kappa shape index (κ1) is 15.6. The molecule has 0 atom stereocenters. The Hall–Kier alpha value is -2.33. The van der Waals surface area contributed by atoms with Crippen LogP contribution in [0.15, 0.2) is 48.5 Å². The molecule has 1 N–H and O–H groups in total. The highest BCUT2D eigenvalue weighted by atomic mass is 32.1. The summed E-state index contributed by atoms with van der Waals surface area (Å²) in [5, 5.41) is 4.29. The van der Waals surface area contributed by atoms with Gasteiger partial charge in [-0.25, -0.2) is 4.98 Å². The van der Waals surface area contributed by atoms with Gasteiger partial charge < -0.3 is 10.1 Å². The van der Waals surface area contributed by atoms with E-state index in [1.54, 1.807) is 11.3 Å². The molecule has 0 bridgehead atoms. The summed E-state index contributed by atoms with van der Waals surface area (Å²) >= 11 is 1.67. The molecule has 0 unspecified atom stereocenters. The van der Waals surface area contributed by atoms with E-state index in [-0.39, 0.29) is 0 Å². The van der Waals surface area contributed by atoms with Crippen molar-refractivity contribution < 1.29 is 4.74 Å². The van der Waals surface area contributed by atoms with Crippen LogP contribution in [0.1, 0.15) is 17.4 Å². The summed E-state index contributed by atoms with van der Waals surface area (Å²) in [7, 11) is 0. The van der Waals surface area contributed by atoms with Crippen molar-refractivity contribution in [2.75, 3.05) is 11.9 Å². The Morgan fingerprint density at radius 3 is 2.35 bits per heavy atom. The largest absolute Gasteiger partial charge is 0.494 e. The lowest BCUT2D eigenvalue weighted by Gasteiger charge is -2.04. The smallest absolute Gasteiger partial charge is 0.187 e. The molecular weight excluding hydrogens is 304 g/mol. The molecule has 0 saturated heterocycles. The highest BCUT2D eigenvalue weighted by Crippen LogP contribution is 2.32. The summed E-state index contributed by atoms with van der Waals surface area (Å²) in [4.78, 5) is 5.94. The number of aromatic nitrogens is 1. The highest BCUT2D eigenvalue weighted by Gasteiger charge is 2.10. The third-order valence-corrected chi connectivity index (χ3v) is 4.42. The maximum atomic E-state index is 5.49. The molecule has 3 aromatic rings. The van der Waals surface area contributed by atoms with Gasteiger partial charge in [0.1, 0.15) is 5.75 Å². The number of benzene rings is 2. The summed E-state index contributed by atoms with van der Waals surface area (Å²) < 4.78 is 5.49. The van der Waals surface area contributed by atoms with Gasteiger partial charge in [0.25, 0.3) is 0 Å². The topological polar surface area (TPSA) is 34.1 Å². The highest BCUT2D eigenvalue weighted by molar-refractivity contribution is 7.16. The Morgan fingerprint density at radius 1 is 1.00 bits per heavy atom. The molecule has 3 rings (SSSR count). The van der Waals surface area contributed by atoms with Crippen molar-refractivity contribution in [3.8, 4) is 17.0 Å². The number of thiazole rings is 1. The lowest BCUT2D eigenvalue weighted by atomic mass is 10.1. The first-order valence-corrected chi connectivity index (χ1v) is 8.51. The average molecular weight is 324 g/mol. The van der Waals surface area contributed by atoms with E-state index in [1.807, 2.05) is 19.1 Å². The third-order valence-electron chi connectivity index (χ3n) is 3.54. The maximum absolute atomic E-state index is 5.49. The zero-order valence-electron chi connectivity index (χ0n) is 13.6. The lowest BCUT2D eigenvalue weighted by molar-refractivity contribution is 0.340. The van der Waals surface area contributed by atoms with Gasteiger partial charge in [-0.15, -0.1) is 11.3 Å². The number of nitrogens with one attached hydrogen (secondary N) is 1. The minimum absolute atomic E-state index is 0.680. The van der Waals surface area contributed by atoms with E-state index in [9.17, 15) is 0 Å². The van der Waals surface area contributed by atoms with Crippen molar-refractivity contribution in [3.63, 3.8) is 0 Å². The zero-order chi connectivity index (χ0) is 16.2. The first-order chi connectivity index (χ1) is 11.2. The van der Waals surface area contributed by atoms with Gasteiger partial charge in [0.05, 0.1) is 12.3 Å². The van der Waals surface area contributed by atoms with E-state index < -0.39 is 0 Å². The van der Waals surface area contributed by atoms with Crippen LogP contribution < -0.4 is 10.1 Å². The Kier molecular flexibility index (Phi) is 4.63. The molecule has 3 nitrogen and oxygen atoms in total. The summed E-state index contributed by atoms with van der Waals surface area (Å²) in [5.74, 6) is 0.891. The van der Waals surface area contributed by atoms with Crippen LogP contribution in [0, 0.1) is 13.8 Å². The fraction of sp³-hybridized carbons (Fsp3) is 0.211. The van der Waals surface area contributed by atoms with Crippen molar-refractivity contribution in [3.05, 3.63) is 59.0 Å². The van der Waals surface area contributed by atoms with Crippen molar-refractivity contribution in [2.24, 2.45) is 0 Å². The van der Waals surface area contributed by atoms with Crippen LogP contribution in [0.4, 0.5) is 10.8 Å². The van der Waals surface area contributed by atoms with E-state index in [4.69, 9.17) is 9.72 Å². The number of anilines is 2. The van der Waals surface area contributed by atoms with E-state index in [0.717, 1.165) is 27.8 Å². The molecule has 0 aliphatic rings. The minimum atomic E-state index is 0.680. The van der Waals surface area contributed by atoms with Gasteiger partial charge in [0.2, 0.25) is 0 Å². The molecule has 0 aliphatic heterocycles. The molecule has 118 valence electrons. The van der Waals surface area contributed by atoms with Gasteiger partial charge >= 0.3 is 0 Å². The molecule has 0 radical (unpaired) electrons.